The molecule has 2 aromatic heterocycles. The van der Waals surface area contributed by atoms with Gasteiger partial charge in [0.15, 0.2) is 23.1 Å². The zero-order valence-electron chi connectivity index (χ0n) is 15.7. The molecule has 3 heterocycles. The van der Waals surface area contributed by atoms with E-state index in [9.17, 15) is 18.0 Å². The van der Waals surface area contributed by atoms with E-state index in [4.69, 9.17) is 5.73 Å². The Morgan fingerprint density at radius 1 is 1.07 bits per heavy atom. The third kappa shape index (κ3) is 2.88. The molecule has 2 N–H and O–H groups in total. The largest absolute Gasteiger partial charge is 0.369 e. The van der Waals surface area contributed by atoms with Gasteiger partial charge in [0.05, 0.1) is 11.9 Å². The lowest BCUT2D eigenvalue weighted by Crippen LogP contribution is -2.41. The Kier molecular flexibility index (Phi) is 4.69. The van der Waals surface area contributed by atoms with Gasteiger partial charge in [0.25, 0.3) is 5.91 Å². The zero-order valence-corrected chi connectivity index (χ0v) is 15.7. The summed E-state index contributed by atoms with van der Waals surface area (Å²) < 4.78 is 42.5. The minimum absolute atomic E-state index is 0.00263. The van der Waals surface area contributed by atoms with Crippen LogP contribution in [-0.4, -0.2) is 38.8 Å². The molecule has 1 aliphatic rings. The van der Waals surface area contributed by atoms with Crippen molar-refractivity contribution in [3.63, 3.8) is 0 Å². The van der Waals surface area contributed by atoms with Gasteiger partial charge in [-0.15, -0.1) is 0 Å². The molecule has 30 heavy (non-hydrogen) atoms. The van der Waals surface area contributed by atoms with Gasteiger partial charge in [-0.05, 0) is 23.8 Å². The summed E-state index contributed by atoms with van der Waals surface area (Å²) in [4.78, 5) is 30.5. The van der Waals surface area contributed by atoms with E-state index in [-0.39, 0.29) is 33.9 Å². The molecule has 7 nitrogen and oxygen atoms in total. The van der Waals surface area contributed by atoms with Crippen LogP contribution in [-0.2, 0) is 17.0 Å². The molecule has 4 rings (SSSR count). The number of benzene rings is 1. The Morgan fingerprint density at radius 2 is 1.87 bits per heavy atom. The summed E-state index contributed by atoms with van der Waals surface area (Å²) >= 11 is 0. The van der Waals surface area contributed by atoms with Crippen molar-refractivity contribution in [1.29, 1.82) is 0 Å². The van der Waals surface area contributed by atoms with Crippen molar-refractivity contribution in [3.8, 4) is 11.3 Å². The van der Waals surface area contributed by atoms with Gasteiger partial charge in [-0.1, -0.05) is 0 Å². The van der Waals surface area contributed by atoms with Gasteiger partial charge in [0.2, 0.25) is 0 Å². The SMILES string of the molecule is CN1C(=O)C(c2cncc(CF)c2)(c2cc(F)c(F)c(-c3cnccn3)c2)N=C1N. The number of rotatable bonds is 4. The van der Waals surface area contributed by atoms with Crippen LogP contribution in [0.15, 0.2) is 54.2 Å². The van der Waals surface area contributed by atoms with E-state index < -0.39 is 29.8 Å². The van der Waals surface area contributed by atoms with Crippen molar-refractivity contribution in [2.75, 3.05) is 7.05 Å². The molecule has 0 saturated carbocycles. The van der Waals surface area contributed by atoms with Crippen molar-refractivity contribution in [3.05, 3.63) is 77.5 Å². The number of likely N-dealkylation sites (N-methyl/N-ethyl adjacent to an activating group) is 1. The molecule has 1 amide bonds. The van der Waals surface area contributed by atoms with E-state index in [2.05, 4.69) is 19.9 Å². The summed E-state index contributed by atoms with van der Waals surface area (Å²) in [6, 6.07) is 3.52. The van der Waals surface area contributed by atoms with Gasteiger partial charge in [-0.2, -0.15) is 0 Å². The highest BCUT2D eigenvalue weighted by molar-refractivity contribution is 6.09. The molecule has 0 aliphatic carbocycles. The first-order valence-electron chi connectivity index (χ1n) is 8.78. The van der Waals surface area contributed by atoms with E-state index in [0.29, 0.717) is 0 Å². The number of alkyl halides is 1. The lowest BCUT2D eigenvalue weighted by molar-refractivity contribution is -0.129. The topological polar surface area (TPSA) is 97.4 Å². The molecule has 10 heteroatoms. The average Bonchev–Trinajstić information content (AvgIpc) is 3.01. The molecular weight excluding hydrogens is 397 g/mol. The van der Waals surface area contributed by atoms with Crippen molar-refractivity contribution < 1.29 is 18.0 Å². The first kappa shape index (κ1) is 19.5. The molecule has 0 saturated heterocycles. The van der Waals surface area contributed by atoms with E-state index in [1.54, 1.807) is 0 Å². The fourth-order valence-electron chi connectivity index (χ4n) is 3.37. The Morgan fingerprint density at radius 3 is 2.50 bits per heavy atom. The van der Waals surface area contributed by atoms with Gasteiger partial charge in [-0.3, -0.25) is 24.6 Å². The summed E-state index contributed by atoms with van der Waals surface area (Å²) in [6.45, 7) is -0.831. The lowest BCUT2D eigenvalue weighted by atomic mass is 9.82. The summed E-state index contributed by atoms with van der Waals surface area (Å²) in [6.07, 6.45) is 6.59. The highest BCUT2D eigenvalue weighted by atomic mass is 19.2. The number of pyridine rings is 1. The minimum Gasteiger partial charge on any atom is -0.369 e. The lowest BCUT2D eigenvalue weighted by Gasteiger charge is -2.26. The average molecular weight is 412 g/mol. The highest BCUT2D eigenvalue weighted by Crippen LogP contribution is 2.41. The molecule has 0 fully saturated rings. The predicted octanol–water partition coefficient (Wildman–Crippen LogP) is 2.32. The van der Waals surface area contributed by atoms with E-state index in [0.717, 1.165) is 11.0 Å². The summed E-state index contributed by atoms with van der Waals surface area (Å²) in [5.74, 6) is -3.11. The van der Waals surface area contributed by atoms with Gasteiger partial charge >= 0.3 is 0 Å². The highest BCUT2D eigenvalue weighted by Gasteiger charge is 2.50. The molecular formula is C20H15F3N6O. The van der Waals surface area contributed by atoms with E-state index >= 15 is 0 Å². The Balaban J connectivity index is 2.02. The Bertz CT molecular complexity index is 1170. The number of guanidine groups is 1. The molecule has 152 valence electrons. The first-order chi connectivity index (χ1) is 14.4. The van der Waals surface area contributed by atoms with E-state index in [1.165, 1.54) is 50.2 Å². The van der Waals surface area contributed by atoms with Crippen LogP contribution in [0.5, 0.6) is 0 Å². The number of carbonyl (C=O) groups is 1. The Labute approximate surface area is 169 Å². The number of aliphatic imine (C=N–C) groups is 1. The van der Waals surface area contributed by atoms with Gasteiger partial charge in [0.1, 0.15) is 6.67 Å². The summed E-state index contributed by atoms with van der Waals surface area (Å²) in [7, 11) is 1.40. The Hall–Kier alpha value is -3.82. The van der Waals surface area contributed by atoms with Gasteiger partial charge in [0, 0.05) is 48.5 Å². The molecule has 1 unspecified atom stereocenters. The second-order valence-electron chi connectivity index (χ2n) is 6.67. The molecule has 0 spiro atoms. The van der Waals surface area contributed by atoms with Crippen LogP contribution in [0.25, 0.3) is 11.3 Å². The quantitative estimate of drug-likeness (QED) is 0.709. The molecule has 1 aliphatic heterocycles. The fourth-order valence-corrected chi connectivity index (χ4v) is 3.37. The number of hydrogen-bond acceptors (Lipinski definition) is 6. The van der Waals surface area contributed by atoms with Crippen molar-refractivity contribution in [2.24, 2.45) is 10.7 Å². The number of halogens is 3. The van der Waals surface area contributed by atoms with Crippen LogP contribution in [0.4, 0.5) is 13.2 Å². The maximum atomic E-state index is 14.6. The van der Waals surface area contributed by atoms with Crippen LogP contribution in [0.1, 0.15) is 16.7 Å². The minimum atomic E-state index is -1.86. The number of nitrogens with two attached hydrogens (primary N) is 1. The van der Waals surface area contributed by atoms with Crippen molar-refractivity contribution in [1.82, 2.24) is 19.9 Å². The second kappa shape index (κ2) is 7.21. The number of amides is 1. The zero-order chi connectivity index (χ0) is 21.5. The van der Waals surface area contributed by atoms with Crippen LogP contribution < -0.4 is 5.73 Å². The smallest absolute Gasteiger partial charge is 0.266 e. The molecule has 0 radical (unpaired) electrons. The standard InChI is InChI=1S/C20H15F3N6O/c1-29-18(30)20(28-19(29)24,13-4-11(7-21)8-26-9-13)12-5-14(17(23)15(22)6-12)16-10-25-2-3-27-16/h2-6,8-10H,7H2,1H3,(H2,24,28). The normalized spacial score (nSPS) is 18.6. The molecule has 3 aromatic rings. The number of nitrogens with zero attached hydrogens (tertiary/aromatic N) is 5. The maximum Gasteiger partial charge on any atom is 0.266 e. The van der Waals surface area contributed by atoms with E-state index in [1.807, 2.05) is 0 Å². The van der Waals surface area contributed by atoms with Crippen molar-refractivity contribution in [2.45, 2.75) is 12.2 Å². The van der Waals surface area contributed by atoms with Crippen LogP contribution >= 0.6 is 0 Å². The maximum absolute atomic E-state index is 14.6. The molecule has 0 bridgehead atoms. The summed E-state index contributed by atoms with van der Waals surface area (Å²) in [5.41, 5.74) is 4.24. The number of aromatic nitrogens is 3. The van der Waals surface area contributed by atoms with Gasteiger partial charge < -0.3 is 5.73 Å². The van der Waals surface area contributed by atoms with Crippen molar-refractivity contribution >= 4 is 11.9 Å². The molecule has 1 aromatic carbocycles. The third-order valence-electron chi connectivity index (χ3n) is 4.89. The van der Waals surface area contributed by atoms with Crippen LogP contribution in [0.3, 0.4) is 0 Å². The molecule has 1 atom stereocenters. The second-order valence-corrected chi connectivity index (χ2v) is 6.67. The number of hydrogen-bond donors (Lipinski definition) is 1. The number of carbonyl (C=O) groups excluding carboxylic acids is 1. The predicted molar refractivity (Wildman–Crippen MR) is 102 cm³/mol. The van der Waals surface area contributed by atoms with Crippen LogP contribution in [0.2, 0.25) is 0 Å². The van der Waals surface area contributed by atoms with Gasteiger partial charge in [-0.25, -0.2) is 18.2 Å². The monoisotopic (exact) mass is 412 g/mol. The fraction of sp³-hybridized carbons (Fsp3) is 0.150. The third-order valence-corrected chi connectivity index (χ3v) is 4.89. The first-order valence-corrected chi connectivity index (χ1v) is 8.78. The summed E-state index contributed by atoms with van der Waals surface area (Å²) in [5, 5.41) is 0. The van der Waals surface area contributed by atoms with Crippen LogP contribution in [0, 0.1) is 11.6 Å².